The van der Waals surface area contributed by atoms with Crippen molar-refractivity contribution in [1.82, 2.24) is 25.4 Å². The van der Waals surface area contributed by atoms with Gasteiger partial charge in [0.2, 0.25) is 0 Å². The van der Waals surface area contributed by atoms with Crippen LogP contribution in [-0.2, 0) is 26.1 Å². The van der Waals surface area contributed by atoms with E-state index in [2.05, 4.69) is 68.5 Å². The van der Waals surface area contributed by atoms with E-state index in [4.69, 9.17) is 0 Å². The molecule has 6 nitrogen and oxygen atoms in total. The molecule has 3 rings (SSSR count). The number of benzene rings is 1. The first-order valence-electron chi connectivity index (χ1n) is 8.25. The number of rotatable bonds is 5. The maximum atomic E-state index is 4.64. The van der Waals surface area contributed by atoms with Gasteiger partial charge < -0.3 is 15.2 Å². The van der Waals surface area contributed by atoms with Crippen molar-refractivity contribution in [2.75, 3.05) is 6.54 Å². The van der Waals surface area contributed by atoms with Crippen LogP contribution in [0, 0.1) is 6.92 Å². The van der Waals surface area contributed by atoms with Gasteiger partial charge in [-0.25, -0.2) is 4.99 Å². The molecule has 1 aromatic heterocycles. The summed E-state index contributed by atoms with van der Waals surface area (Å²) in [5.41, 5.74) is 2.47. The SMILES string of the molecule is CCNC(=NCc1ccc(C)cc1)NCc1nnc2n1CCC2.I. The van der Waals surface area contributed by atoms with Gasteiger partial charge in [0.05, 0.1) is 13.1 Å². The van der Waals surface area contributed by atoms with E-state index in [1.807, 2.05) is 0 Å². The molecule has 0 fully saturated rings. The second kappa shape index (κ2) is 9.00. The van der Waals surface area contributed by atoms with Crippen LogP contribution in [0.25, 0.3) is 0 Å². The van der Waals surface area contributed by atoms with Crippen LogP contribution >= 0.6 is 24.0 Å². The van der Waals surface area contributed by atoms with Gasteiger partial charge in [0, 0.05) is 19.5 Å². The van der Waals surface area contributed by atoms with Gasteiger partial charge in [-0.2, -0.15) is 0 Å². The lowest BCUT2D eigenvalue weighted by Gasteiger charge is -2.11. The topological polar surface area (TPSA) is 67.1 Å². The van der Waals surface area contributed by atoms with Crippen LogP contribution in [0.3, 0.4) is 0 Å². The van der Waals surface area contributed by atoms with Gasteiger partial charge in [-0.15, -0.1) is 34.2 Å². The summed E-state index contributed by atoms with van der Waals surface area (Å²) in [6.07, 6.45) is 2.20. The van der Waals surface area contributed by atoms with Gasteiger partial charge in [-0.1, -0.05) is 29.8 Å². The van der Waals surface area contributed by atoms with E-state index >= 15 is 0 Å². The monoisotopic (exact) mass is 440 g/mol. The number of guanidine groups is 1. The fourth-order valence-electron chi connectivity index (χ4n) is 2.71. The number of fused-ring (bicyclic) bond motifs is 1. The van der Waals surface area contributed by atoms with Crippen molar-refractivity contribution in [2.45, 2.75) is 46.3 Å². The third-order valence-electron chi connectivity index (χ3n) is 3.98. The van der Waals surface area contributed by atoms with E-state index in [0.717, 1.165) is 37.1 Å². The molecule has 7 heteroatoms. The summed E-state index contributed by atoms with van der Waals surface area (Å²) in [6.45, 7) is 7.32. The minimum atomic E-state index is 0. The fourth-order valence-corrected chi connectivity index (χ4v) is 2.71. The number of aryl methyl sites for hydroxylation is 2. The Kier molecular flexibility index (Phi) is 7.01. The van der Waals surface area contributed by atoms with Crippen molar-refractivity contribution in [3.8, 4) is 0 Å². The Balaban J connectivity index is 0.00000208. The van der Waals surface area contributed by atoms with Crippen LogP contribution in [-0.4, -0.2) is 27.3 Å². The van der Waals surface area contributed by atoms with E-state index in [0.29, 0.717) is 13.1 Å². The molecule has 0 atom stereocenters. The van der Waals surface area contributed by atoms with Crippen molar-refractivity contribution in [3.63, 3.8) is 0 Å². The van der Waals surface area contributed by atoms with Crippen LogP contribution in [0.2, 0.25) is 0 Å². The molecule has 1 aliphatic heterocycles. The van der Waals surface area contributed by atoms with Gasteiger partial charge in [0.15, 0.2) is 11.8 Å². The van der Waals surface area contributed by atoms with Gasteiger partial charge in [0.1, 0.15) is 5.82 Å². The second-order valence-corrected chi connectivity index (χ2v) is 5.82. The Labute approximate surface area is 160 Å². The number of aliphatic imine (C=N–C) groups is 1. The number of halogens is 1. The van der Waals surface area contributed by atoms with Crippen LogP contribution in [0.15, 0.2) is 29.3 Å². The van der Waals surface area contributed by atoms with E-state index in [1.54, 1.807) is 0 Å². The molecule has 0 spiro atoms. The first kappa shape index (κ1) is 18.7. The maximum Gasteiger partial charge on any atom is 0.191 e. The standard InChI is InChI=1S/C17H24N6.HI/c1-3-18-17(19-11-14-8-6-13(2)7-9-14)20-12-16-22-21-15-5-4-10-23(15)16;/h6-9H,3-5,10-12H2,1-2H3,(H2,18,19,20);1H. The lowest BCUT2D eigenvalue weighted by Crippen LogP contribution is -2.37. The van der Waals surface area contributed by atoms with Crippen molar-refractivity contribution in [2.24, 2.45) is 4.99 Å². The highest BCUT2D eigenvalue weighted by atomic mass is 127. The predicted octanol–water partition coefficient (Wildman–Crippen LogP) is 2.41. The molecule has 2 heterocycles. The Hall–Kier alpha value is -1.64. The van der Waals surface area contributed by atoms with Crippen LogP contribution in [0.5, 0.6) is 0 Å². The van der Waals surface area contributed by atoms with E-state index in [1.165, 1.54) is 17.5 Å². The number of hydrogen-bond donors (Lipinski definition) is 2. The summed E-state index contributed by atoms with van der Waals surface area (Å²) in [5.74, 6) is 2.89. The van der Waals surface area contributed by atoms with E-state index in [9.17, 15) is 0 Å². The molecule has 0 unspecified atom stereocenters. The average Bonchev–Trinajstić information content (AvgIpc) is 3.15. The highest BCUT2D eigenvalue weighted by Crippen LogP contribution is 2.13. The molecule has 130 valence electrons. The molecule has 0 saturated heterocycles. The summed E-state index contributed by atoms with van der Waals surface area (Å²) in [5, 5.41) is 15.1. The van der Waals surface area contributed by atoms with Gasteiger partial charge in [-0.05, 0) is 25.8 Å². The average molecular weight is 440 g/mol. The molecule has 1 aliphatic rings. The Morgan fingerprint density at radius 3 is 2.75 bits per heavy atom. The van der Waals surface area contributed by atoms with Crippen molar-refractivity contribution < 1.29 is 0 Å². The molecule has 2 N–H and O–H groups in total. The third-order valence-corrected chi connectivity index (χ3v) is 3.98. The minimum Gasteiger partial charge on any atom is -0.357 e. The normalized spacial score (nSPS) is 13.3. The van der Waals surface area contributed by atoms with Gasteiger partial charge >= 0.3 is 0 Å². The first-order chi connectivity index (χ1) is 11.3. The molecule has 0 radical (unpaired) electrons. The Morgan fingerprint density at radius 2 is 2.00 bits per heavy atom. The maximum absolute atomic E-state index is 4.64. The summed E-state index contributed by atoms with van der Waals surface area (Å²) in [4.78, 5) is 4.64. The van der Waals surface area contributed by atoms with E-state index < -0.39 is 0 Å². The molecule has 0 amide bonds. The zero-order chi connectivity index (χ0) is 16.1. The van der Waals surface area contributed by atoms with Crippen LogP contribution in [0.4, 0.5) is 0 Å². The minimum absolute atomic E-state index is 0. The van der Waals surface area contributed by atoms with Crippen LogP contribution in [0.1, 0.15) is 36.1 Å². The summed E-state index contributed by atoms with van der Waals surface area (Å²) >= 11 is 0. The molecule has 0 aliphatic carbocycles. The number of nitrogens with one attached hydrogen (secondary N) is 2. The highest BCUT2D eigenvalue weighted by molar-refractivity contribution is 14.0. The summed E-state index contributed by atoms with van der Waals surface area (Å²) in [7, 11) is 0. The van der Waals surface area contributed by atoms with Crippen molar-refractivity contribution >= 4 is 29.9 Å². The Bertz CT molecular complexity index is 677. The molecular weight excluding hydrogens is 415 g/mol. The lowest BCUT2D eigenvalue weighted by molar-refractivity contribution is 0.663. The summed E-state index contributed by atoms with van der Waals surface area (Å²) < 4.78 is 2.20. The molecule has 1 aromatic carbocycles. The largest absolute Gasteiger partial charge is 0.357 e. The number of aromatic nitrogens is 3. The molecule has 24 heavy (non-hydrogen) atoms. The zero-order valence-corrected chi connectivity index (χ0v) is 16.6. The number of nitrogens with zero attached hydrogens (tertiary/aromatic N) is 4. The highest BCUT2D eigenvalue weighted by Gasteiger charge is 2.16. The first-order valence-corrected chi connectivity index (χ1v) is 8.25. The summed E-state index contributed by atoms with van der Waals surface area (Å²) in [6, 6.07) is 8.47. The second-order valence-electron chi connectivity index (χ2n) is 5.82. The van der Waals surface area contributed by atoms with Gasteiger partial charge in [0.25, 0.3) is 0 Å². The van der Waals surface area contributed by atoms with Crippen molar-refractivity contribution in [1.29, 1.82) is 0 Å². The predicted molar refractivity (Wildman–Crippen MR) is 107 cm³/mol. The van der Waals surface area contributed by atoms with E-state index in [-0.39, 0.29) is 24.0 Å². The fraction of sp³-hybridized carbons (Fsp3) is 0.471. The third kappa shape index (κ3) is 4.68. The number of hydrogen-bond acceptors (Lipinski definition) is 3. The molecule has 0 saturated carbocycles. The molecule has 0 bridgehead atoms. The molecular formula is C17H25IN6. The van der Waals surface area contributed by atoms with Crippen LogP contribution < -0.4 is 10.6 Å². The zero-order valence-electron chi connectivity index (χ0n) is 14.2. The molecule has 2 aromatic rings. The lowest BCUT2D eigenvalue weighted by atomic mass is 10.1. The Morgan fingerprint density at radius 1 is 1.21 bits per heavy atom. The smallest absolute Gasteiger partial charge is 0.191 e. The van der Waals surface area contributed by atoms with Gasteiger partial charge in [-0.3, -0.25) is 0 Å². The quantitative estimate of drug-likeness (QED) is 0.426. The van der Waals surface area contributed by atoms with Crippen molar-refractivity contribution in [3.05, 3.63) is 47.0 Å².